The van der Waals surface area contributed by atoms with Crippen molar-refractivity contribution in [1.82, 2.24) is 9.69 Å². The van der Waals surface area contributed by atoms with Crippen molar-refractivity contribution in [3.05, 3.63) is 50.4 Å². The van der Waals surface area contributed by atoms with Crippen molar-refractivity contribution in [1.29, 1.82) is 5.53 Å². The van der Waals surface area contributed by atoms with E-state index in [1.54, 1.807) is 12.3 Å². The first kappa shape index (κ1) is 16.0. The van der Waals surface area contributed by atoms with Crippen molar-refractivity contribution in [2.45, 2.75) is 13.3 Å². The second-order valence-corrected chi connectivity index (χ2v) is 6.09. The molecule has 110 valence electrons. The molecule has 0 saturated carbocycles. The molecule has 4 nitrogen and oxygen atoms in total. The minimum atomic E-state index is -0.256. The number of halogens is 2. The van der Waals surface area contributed by atoms with Crippen molar-refractivity contribution in [2.75, 3.05) is 6.54 Å². The van der Waals surface area contributed by atoms with Crippen LogP contribution in [0.3, 0.4) is 0 Å². The zero-order valence-corrected chi connectivity index (χ0v) is 14.3. The van der Waals surface area contributed by atoms with Gasteiger partial charge in [-0.25, -0.2) is 9.92 Å². The van der Waals surface area contributed by atoms with Crippen molar-refractivity contribution in [3.63, 3.8) is 0 Å². The monoisotopic (exact) mass is 416 g/mol. The van der Waals surface area contributed by atoms with Crippen molar-refractivity contribution in [2.24, 2.45) is 5.11 Å². The molecule has 2 aromatic rings. The van der Waals surface area contributed by atoms with Gasteiger partial charge in [0, 0.05) is 33.7 Å². The average molecular weight is 416 g/mol. The van der Waals surface area contributed by atoms with E-state index in [0.717, 1.165) is 26.9 Å². The number of hydrogen-bond donors (Lipinski definition) is 2. The second-order valence-electron chi connectivity index (χ2n) is 4.29. The fourth-order valence-corrected chi connectivity index (χ4v) is 3.25. The number of nitrogens with one attached hydrogen (secondary N) is 2. The molecule has 0 unspecified atom stereocenters. The minimum absolute atomic E-state index is 0.256. The van der Waals surface area contributed by atoms with Gasteiger partial charge in [-0.2, -0.15) is 9.49 Å². The van der Waals surface area contributed by atoms with Gasteiger partial charge in [-0.3, -0.25) is 0 Å². The molecule has 0 radical (unpaired) electrons. The maximum atomic E-state index is 13.2. The summed E-state index contributed by atoms with van der Waals surface area (Å²) in [5.74, 6) is -0.256. The highest BCUT2D eigenvalue weighted by atomic mass is 127. The van der Waals surface area contributed by atoms with Crippen molar-refractivity contribution >= 4 is 34.1 Å². The molecule has 0 aliphatic heterocycles. The van der Waals surface area contributed by atoms with Crippen LogP contribution in [0.25, 0.3) is 11.3 Å². The van der Waals surface area contributed by atoms with E-state index < -0.39 is 0 Å². The van der Waals surface area contributed by atoms with Crippen LogP contribution >= 0.6 is 34.1 Å². The molecule has 2 rings (SSSR count). The summed E-state index contributed by atoms with van der Waals surface area (Å²) < 4.78 is 18.4. The van der Waals surface area contributed by atoms with E-state index in [4.69, 9.17) is 5.53 Å². The molecule has 0 aliphatic rings. The van der Waals surface area contributed by atoms with Gasteiger partial charge in [-0.05, 0) is 64.8 Å². The summed E-state index contributed by atoms with van der Waals surface area (Å²) >= 11 is 3.46. The Hall–Kier alpha value is -1.35. The third kappa shape index (κ3) is 4.07. The first-order valence-electron chi connectivity index (χ1n) is 6.34. The Bertz CT molecular complexity index is 669. The van der Waals surface area contributed by atoms with E-state index in [1.165, 1.54) is 23.7 Å². The Labute approximate surface area is 140 Å². The zero-order chi connectivity index (χ0) is 15.2. The van der Waals surface area contributed by atoms with Gasteiger partial charge in [0.1, 0.15) is 5.82 Å². The normalized spacial score (nSPS) is 11.5. The standard InChI is InChI=1S/C14H14FIN4S/c1-2-18-7-11(19-17)5-9-8-21-20-14(9)12-4-3-10(15)6-13(12)16/h3-4,6-8,17-18H,2,5H2,1H3/b11-7-,19-17?. The molecule has 0 aliphatic carbocycles. The second kappa shape index (κ2) is 7.60. The smallest absolute Gasteiger partial charge is 0.124 e. The Morgan fingerprint density at radius 3 is 3.05 bits per heavy atom. The van der Waals surface area contributed by atoms with Crippen molar-refractivity contribution in [3.8, 4) is 11.3 Å². The van der Waals surface area contributed by atoms with Crippen LogP contribution in [0.5, 0.6) is 0 Å². The molecule has 0 amide bonds. The number of nitrogens with zero attached hydrogens (tertiary/aromatic N) is 2. The predicted molar refractivity (Wildman–Crippen MR) is 90.8 cm³/mol. The van der Waals surface area contributed by atoms with Crippen LogP contribution < -0.4 is 5.32 Å². The topological polar surface area (TPSA) is 61.1 Å². The Morgan fingerprint density at radius 1 is 1.57 bits per heavy atom. The summed E-state index contributed by atoms with van der Waals surface area (Å²) in [6.07, 6.45) is 2.26. The van der Waals surface area contributed by atoms with E-state index in [1.807, 2.05) is 12.3 Å². The molecule has 2 N–H and O–H groups in total. The largest absolute Gasteiger partial charge is 0.390 e. The molecule has 1 aromatic carbocycles. The lowest BCUT2D eigenvalue weighted by Crippen LogP contribution is -2.04. The highest BCUT2D eigenvalue weighted by molar-refractivity contribution is 14.1. The summed E-state index contributed by atoms with van der Waals surface area (Å²) in [7, 11) is 0. The quantitative estimate of drug-likeness (QED) is 0.535. The summed E-state index contributed by atoms with van der Waals surface area (Å²) in [5, 5.41) is 8.53. The van der Waals surface area contributed by atoms with Crippen LogP contribution in [-0.2, 0) is 6.42 Å². The van der Waals surface area contributed by atoms with Crippen LogP contribution in [0.2, 0.25) is 0 Å². The number of rotatable bonds is 6. The molecule has 0 saturated heterocycles. The van der Waals surface area contributed by atoms with E-state index in [0.29, 0.717) is 12.1 Å². The Balaban J connectivity index is 2.32. The molecular formula is C14H14FIN4S. The molecular weight excluding hydrogens is 402 g/mol. The molecule has 0 atom stereocenters. The van der Waals surface area contributed by atoms with E-state index in [-0.39, 0.29) is 5.82 Å². The lowest BCUT2D eigenvalue weighted by molar-refractivity contribution is 0.627. The summed E-state index contributed by atoms with van der Waals surface area (Å²) in [5.41, 5.74) is 10.6. The maximum absolute atomic E-state index is 13.2. The van der Waals surface area contributed by atoms with Crippen LogP contribution in [0.15, 0.2) is 40.6 Å². The van der Waals surface area contributed by atoms with E-state index in [2.05, 4.69) is 37.4 Å². The SMILES string of the molecule is CCN/C=C(/Cc1csnc1-c1ccc(F)cc1I)N=N. The molecule has 0 fully saturated rings. The predicted octanol–water partition coefficient (Wildman–Crippen LogP) is 4.58. The lowest BCUT2D eigenvalue weighted by Gasteiger charge is -2.06. The van der Waals surface area contributed by atoms with Gasteiger partial charge < -0.3 is 5.32 Å². The van der Waals surface area contributed by atoms with Gasteiger partial charge in [-0.15, -0.1) is 0 Å². The number of hydrogen-bond acceptors (Lipinski definition) is 5. The Morgan fingerprint density at radius 2 is 2.38 bits per heavy atom. The van der Waals surface area contributed by atoms with Gasteiger partial charge in [0.2, 0.25) is 0 Å². The summed E-state index contributed by atoms with van der Waals surface area (Å²) in [6.45, 7) is 2.76. The van der Waals surface area contributed by atoms with Gasteiger partial charge in [0.05, 0.1) is 11.4 Å². The summed E-state index contributed by atoms with van der Waals surface area (Å²) in [4.78, 5) is 0. The molecule has 21 heavy (non-hydrogen) atoms. The fourth-order valence-electron chi connectivity index (χ4n) is 1.82. The van der Waals surface area contributed by atoms with Crippen LogP contribution in [0, 0.1) is 14.9 Å². The molecule has 0 bridgehead atoms. The van der Waals surface area contributed by atoms with Crippen LogP contribution in [-0.4, -0.2) is 10.9 Å². The fraction of sp³-hybridized carbons (Fsp3) is 0.214. The Kier molecular flexibility index (Phi) is 5.80. The van der Waals surface area contributed by atoms with Crippen LogP contribution in [0.4, 0.5) is 4.39 Å². The van der Waals surface area contributed by atoms with Gasteiger partial charge in [0.25, 0.3) is 0 Å². The third-order valence-electron chi connectivity index (χ3n) is 2.82. The molecule has 0 spiro atoms. The van der Waals surface area contributed by atoms with Gasteiger partial charge in [-0.1, -0.05) is 0 Å². The summed E-state index contributed by atoms with van der Waals surface area (Å²) in [6, 6.07) is 4.66. The highest BCUT2D eigenvalue weighted by Crippen LogP contribution is 2.30. The first-order chi connectivity index (χ1) is 10.2. The number of allylic oxidation sites excluding steroid dienone is 1. The number of benzene rings is 1. The number of aromatic nitrogens is 1. The van der Waals surface area contributed by atoms with E-state index >= 15 is 0 Å². The average Bonchev–Trinajstić information content (AvgIpc) is 2.91. The van der Waals surface area contributed by atoms with Crippen LogP contribution in [0.1, 0.15) is 12.5 Å². The molecule has 1 aromatic heterocycles. The lowest BCUT2D eigenvalue weighted by atomic mass is 10.1. The molecule has 1 heterocycles. The third-order valence-corrected chi connectivity index (χ3v) is 4.39. The zero-order valence-electron chi connectivity index (χ0n) is 11.4. The van der Waals surface area contributed by atoms with Crippen molar-refractivity contribution < 1.29 is 4.39 Å². The van der Waals surface area contributed by atoms with Gasteiger partial charge in [0.15, 0.2) is 0 Å². The van der Waals surface area contributed by atoms with Gasteiger partial charge >= 0.3 is 0 Å². The highest BCUT2D eigenvalue weighted by Gasteiger charge is 2.13. The maximum Gasteiger partial charge on any atom is 0.124 e. The van der Waals surface area contributed by atoms with E-state index in [9.17, 15) is 4.39 Å². The first-order valence-corrected chi connectivity index (χ1v) is 8.25. The minimum Gasteiger partial charge on any atom is -0.390 e. The molecule has 7 heteroatoms.